The molecule has 1 heterocycles. The van der Waals surface area contributed by atoms with Gasteiger partial charge in [0.05, 0.1) is 6.61 Å². The maximum absolute atomic E-state index is 5.43. The van der Waals surface area contributed by atoms with Crippen LogP contribution in [0.1, 0.15) is 32.8 Å². The van der Waals surface area contributed by atoms with Crippen LogP contribution in [0.15, 0.2) is 24.3 Å². The Bertz CT molecular complexity index is 324. The molecule has 1 saturated heterocycles. The van der Waals surface area contributed by atoms with Gasteiger partial charge in [0.15, 0.2) is 0 Å². The minimum absolute atomic E-state index is 0.556. The standard InChI is InChI=1S/C13H19NO.C2H6/c1-10-4-3-5-12(8-10)14-13-6-7-15-9-11(13)2;1-2/h3-5,8,11,13-14H,6-7,9H2,1-2H3;1-2H3/t11-,13?;/m1./s1. The topological polar surface area (TPSA) is 21.3 Å². The van der Waals surface area contributed by atoms with Crippen LogP contribution in [0, 0.1) is 12.8 Å². The summed E-state index contributed by atoms with van der Waals surface area (Å²) in [5, 5.41) is 3.59. The number of nitrogens with one attached hydrogen (secondary N) is 1. The van der Waals surface area contributed by atoms with Crippen molar-refractivity contribution in [1.29, 1.82) is 0 Å². The van der Waals surface area contributed by atoms with E-state index in [1.165, 1.54) is 11.3 Å². The van der Waals surface area contributed by atoms with Crippen molar-refractivity contribution in [2.24, 2.45) is 5.92 Å². The number of anilines is 1. The number of aryl methyl sites for hydroxylation is 1. The molecule has 0 bridgehead atoms. The number of hydrogen-bond acceptors (Lipinski definition) is 2. The average molecular weight is 235 g/mol. The molecule has 1 aromatic carbocycles. The van der Waals surface area contributed by atoms with Gasteiger partial charge >= 0.3 is 0 Å². The lowest BCUT2D eigenvalue weighted by Crippen LogP contribution is -2.35. The second-order valence-electron chi connectivity index (χ2n) is 4.46. The fraction of sp³-hybridized carbons (Fsp3) is 0.600. The highest BCUT2D eigenvalue weighted by Gasteiger charge is 2.21. The zero-order valence-corrected chi connectivity index (χ0v) is 11.5. The first-order chi connectivity index (χ1) is 8.25. The minimum atomic E-state index is 0.556. The second-order valence-corrected chi connectivity index (χ2v) is 4.46. The Morgan fingerprint density at radius 2 is 2.06 bits per heavy atom. The number of benzene rings is 1. The van der Waals surface area contributed by atoms with E-state index in [0.717, 1.165) is 19.6 Å². The van der Waals surface area contributed by atoms with Gasteiger partial charge in [0.2, 0.25) is 0 Å². The van der Waals surface area contributed by atoms with Crippen molar-refractivity contribution < 1.29 is 4.74 Å². The summed E-state index contributed by atoms with van der Waals surface area (Å²) in [6, 6.07) is 9.11. The molecule has 0 aromatic heterocycles. The van der Waals surface area contributed by atoms with E-state index in [2.05, 4.69) is 43.4 Å². The van der Waals surface area contributed by atoms with Crippen LogP contribution in [0.25, 0.3) is 0 Å². The second kappa shape index (κ2) is 7.33. The van der Waals surface area contributed by atoms with Crippen LogP contribution in [-0.4, -0.2) is 19.3 Å². The molecule has 96 valence electrons. The molecule has 2 rings (SSSR count). The molecule has 1 fully saturated rings. The zero-order chi connectivity index (χ0) is 12.7. The summed E-state index contributed by atoms with van der Waals surface area (Å²) in [4.78, 5) is 0. The van der Waals surface area contributed by atoms with Gasteiger partial charge in [-0.2, -0.15) is 0 Å². The van der Waals surface area contributed by atoms with Gasteiger partial charge in [-0.05, 0) is 37.0 Å². The fourth-order valence-electron chi connectivity index (χ4n) is 2.04. The van der Waals surface area contributed by atoms with Crippen LogP contribution in [0.5, 0.6) is 0 Å². The lowest BCUT2D eigenvalue weighted by molar-refractivity contribution is 0.0538. The Kier molecular flexibility index (Phi) is 6.06. The van der Waals surface area contributed by atoms with Crippen molar-refractivity contribution in [2.45, 2.75) is 40.2 Å². The third kappa shape index (κ3) is 4.39. The van der Waals surface area contributed by atoms with Gasteiger partial charge in [0, 0.05) is 18.3 Å². The number of hydrogen-bond donors (Lipinski definition) is 1. The largest absolute Gasteiger partial charge is 0.382 e. The highest BCUT2D eigenvalue weighted by Crippen LogP contribution is 2.19. The zero-order valence-electron chi connectivity index (χ0n) is 11.5. The minimum Gasteiger partial charge on any atom is -0.382 e. The molecule has 1 unspecified atom stereocenters. The van der Waals surface area contributed by atoms with Gasteiger partial charge in [0.1, 0.15) is 0 Å². The van der Waals surface area contributed by atoms with Crippen LogP contribution in [0.2, 0.25) is 0 Å². The summed E-state index contributed by atoms with van der Waals surface area (Å²) >= 11 is 0. The molecule has 0 radical (unpaired) electrons. The van der Waals surface area contributed by atoms with Crippen molar-refractivity contribution in [1.82, 2.24) is 0 Å². The third-order valence-electron chi connectivity index (χ3n) is 3.01. The van der Waals surface area contributed by atoms with Crippen molar-refractivity contribution in [3.8, 4) is 0 Å². The van der Waals surface area contributed by atoms with Gasteiger partial charge in [0.25, 0.3) is 0 Å². The quantitative estimate of drug-likeness (QED) is 0.840. The van der Waals surface area contributed by atoms with Gasteiger partial charge in [-0.25, -0.2) is 0 Å². The van der Waals surface area contributed by atoms with E-state index in [0.29, 0.717) is 12.0 Å². The predicted molar refractivity (Wildman–Crippen MR) is 74.5 cm³/mol. The molecule has 1 aliphatic heterocycles. The molecule has 2 heteroatoms. The summed E-state index contributed by atoms with van der Waals surface area (Å²) < 4.78 is 5.43. The van der Waals surface area contributed by atoms with Crippen molar-refractivity contribution in [3.05, 3.63) is 29.8 Å². The number of ether oxygens (including phenoxy) is 1. The van der Waals surface area contributed by atoms with Crippen LogP contribution >= 0.6 is 0 Å². The molecule has 17 heavy (non-hydrogen) atoms. The van der Waals surface area contributed by atoms with E-state index >= 15 is 0 Å². The first-order valence-electron chi connectivity index (χ1n) is 6.66. The van der Waals surface area contributed by atoms with Crippen LogP contribution < -0.4 is 5.32 Å². The van der Waals surface area contributed by atoms with Crippen LogP contribution in [0.4, 0.5) is 5.69 Å². The van der Waals surface area contributed by atoms with E-state index in [1.807, 2.05) is 13.8 Å². The SMILES string of the molecule is CC.Cc1cccc(NC2CCOC[C@H]2C)c1. The number of rotatable bonds is 2. The van der Waals surface area contributed by atoms with Gasteiger partial charge in [-0.3, -0.25) is 0 Å². The van der Waals surface area contributed by atoms with E-state index in [1.54, 1.807) is 0 Å². The summed E-state index contributed by atoms with van der Waals surface area (Å²) in [5.41, 5.74) is 2.54. The van der Waals surface area contributed by atoms with E-state index in [-0.39, 0.29) is 0 Å². The maximum Gasteiger partial charge on any atom is 0.0511 e. The van der Waals surface area contributed by atoms with Crippen molar-refractivity contribution >= 4 is 5.69 Å². The Morgan fingerprint density at radius 1 is 1.29 bits per heavy atom. The Morgan fingerprint density at radius 3 is 2.71 bits per heavy atom. The molecular formula is C15H25NO. The molecule has 0 saturated carbocycles. The van der Waals surface area contributed by atoms with Crippen LogP contribution in [-0.2, 0) is 4.74 Å². The van der Waals surface area contributed by atoms with E-state index in [4.69, 9.17) is 4.74 Å². The highest BCUT2D eigenvalue weighted by atomic mass is 16.5. The lowest BCUT2D eigenvalue weighted by Gasteiger charge is -2.30. The Labute approximate surface area is 105 Å². The lowest BCUT2D eigenvalue weighted by atomic mass is 9.97. The normalized spacial score (nSPS) is 23.5. The molecule has 1 N–H and O–H groups in total. The molecule has 0 amide bonds. The molecule has 1 aromatic rings. The summed E-state index contributed by atoms with van der Waals surface area (Å²) in [6.45, 7) is 10.1. The highest BCUT2D eigenvalue weighted by molar-refractivity contribution is 5.46. The molecule has 2 nitrogen and oxygen atoms in total. The third-order valence-corrected chi connectivity index (χ3v) is 3.01. The van der Waals surface area contributed by atoms with Gasteiger partial charge in [-0.1, -0.05) is 32.9 Å². The molecule has 0 aliphatic carbocycles. The van der Waals surface area contributed by atoms with Crippen molar-refractivity contribution in [3.63, 3.8) is 0 Å². The smallest absolute Gasteiger partial charge is 0.0511 e. The van der Waals surface area contributed by atoms with Gasteiger partial charge < -0.3 is 10.1 Å². The van der Waals surface area contributed by atoms with Crippen molar-refractivity contribution in [2.75, 3.05) is 18.5 Å². The monoisotopic (exact) mass is 235 g/mol. The first-order valence-corrected chi connectivity index (χ1v) is 6.66. The Hall–Kier alpha value is -1.02. The molecule has 0 spiro atoms. The predicted octanol–water partition coefficient (Wildman–Crippen LogP) is 3.86. The maximum atomic E-state index is 5.43. The summed E-state index contributed by atoms with van der Waals surface area (Å²) in [7, 11) is 0. The average Bonchev–Trinajstić information content (AvgIpc) is 2.35. The van der Waals surface area contributed by atoms with Gasteiger partial charge in [-0.15, -0.1) is 0 Å². The molecular weight excluding hydrogens is 210 g/mol. The fourth-order valence-corrected chi connectivity index (χ4v) is 2.04. The van der Waals surface area contributed by atoms with E-state index < -0.39 is 0 Å². The first kappa shape index (κ1) is 14.0. The Balaban J connectivity index is 0.000000686. The summed E-state index contributed by atoms with van der Waals surface area (Å²) in [6.07, 6.45) is 1.11. The molecule has 2 atom stereocenters. The van der Waals surface area contributed by atoms with Crippen LogP contribution in [0.3, 0.4) is 0 Å². The van der Waals surface area contributed by atoms with E-state index in [9.17, 15) is 0 Å². The molecule has 1 aliphatic rings. The summed E-state index contributed by atoms with van der Waals surface area (Å²) in [5.74, 6) is 0.597.